The molecule has 0 radical (unpaired) electrons. The molecule has 70 heavy (non-hydrogen) atoms. The van der Waals surface area contributed by atoms with Gasteiger partial charge < -0.3 is 48.5 Å². The number of terminal acetylenes is 1. The zero-order valence-electron chi connectivity index (χ0n) is 42.8. The fraction of sp³-hybridized carbons (Fsp3) is 0.655. The first-order valence-electron chi connectivity index (χ1n) is 25.5. The highest BCUT2D eigenvalue weighted by atomic mass is 16.7. The van der Waals surface area contributed by atoms with Crippen molar-refractivity contribution in [2.45, 2.75) is 175 Å². The number of amides is 2. The number of hydrogen-bond donors (Lipinski definition) is 2. The van der Waals surface area contributed by atoms with Crippen molar-refractivity contribution in [1.29, 1.82) is 0 Å². The highest BCUT2D eigenvalue weighted by Crippen LogP contribution is 2.38. The minimum absolute atomic E-state index is 0.0134. The molecule has 2 amide bonds. The van der Waals surface area contributed by atoms with Gasteiger partial charge in [-0.05, 0) is 35.8 Å². The monoisotopic (exact) mass is 977 g/mol. The van der Waals surface area contributed by atoms with Gasteiger partial charge in [0.2, 0.25) is 11.8 Å². The van der Waals surface area contributed by atoms with E-state index in [0.29, 0.717) is 25.9 Å². The Morgan fingerprint density at radius 3 is 1.97 bits per heavy atom. The van der Waals surface area contributed by atoms with E-state index < -0.39 is 78.9 Å². The van der Waals surface area contributed by atoms with Crippen LogP contribution < -0.4 is 10.6 Å². The SMILES string of the molecule is C#CCCC(=O)NCCO[C@H]1OC(CO[C@@H]2OC(COCc3ccccc3)[C@@H](Cc3ccccc3)[C@H](OC(=O)C[C@@H](CC)OC(=O)CC)C2C)[C@@H](C)[C@H](OC(=O)C[C@H](C)CC)C1NC(=O)C[C@H](C)CC. The van der Waals surface area contributed by atoms with Crippen LogP contribution in [0.4, 0.5) is 0 Å². The zero-order valence-corrected chi connectivity index (χ0v) is 42.8. The van der Waals surface area contributed by atoms with Gasteiger partial charge in [0, 0.05) is 56.4 Å². The quantitative estimate of drug-likeness (QED) is 0.0351. The molecule has 15 nitrogen and oxygen atoms in total. The summed E-state index contributed by atoms with van der Waals surface area (Å²) in [6.07, 6.45) is 3.08. The summed E-state index contributed by atoms with van der Waals surface area (Å²) >= 11 is 0. The standard InChI is InChI=1S/C55H80N2O13/c1-10-15-26-46(58)56-27-28-64-55-51(57-47(59)29-36(6)11-2)53(70-49(61)30-37(7)12-3)38(8)44(67-55)35-65-54-39(9)52(69-50(62)32-42(13-4)66-48(60)14-5)43(31-40-22-18-16-19-23-40)45(68-54)34-63-33-41-24-20-17-21-25-41/h1,16-25,36-39,42-45,51-55H,11-15,26-35H2,2-9H3,(H,56,58)(H,57,59)/t36-,37-,38-,39?,42-,43-,44?,45?,51?,52-,53+,54-,55+/m1/s1. The fourth-order valence-electron chi connectivity index (χ4n) is 8.53. The minimum Gasteiger partial charge on any atom is -0.462 e. The van der Waals surface area contributed by atoms with E-state index in [2.05, 4.69) is 16.6 Å². The van der Waals surface area contributed by atoms with Gasteiger partial charge in [-0.1, -0.05) is 129 Å². The second-order valence-corrected chi connectivity index (χ2v) is 18.9. The predicted octanol–water partition coefficient (Wildman–Crippen LogP) is 7.65. The number of hydrogen-bond acceptors (Lipinski definition) is 13. The second kappa shape index (κ2) is 30.8. The van der Waals surface area contributed by atoms with E-state index in [1.807, 2.05) is 109 Å². The number of benzene rings is 2. The van der Waals surface area contributed by atoms with Crippen molar-refractivity contribution >= 4 is 29.7 Å². The Morgan fingerprint density at radius 1 is 0.700 bits per heavy atom. The molecule has 4 rings (SSSR count). The van der Waals surface area contributed by atoms with E-state index in [-0.39, 0.29) is 88.0 Å². The maximum Gasteiger partial charge on any atom is 0.309 e. The number of esters is 3. The van der Waals surface area contributed by atoms with Crippen LogP contribution in [0.3, 0.4) is 0 Å². The molecule has 2 fully saturated rings. The fourth-order valence-corrected chi connectivity index (χ4v) is 8.53. The summed E-state index contributed by atoms with van der Waals surface area (Å²) in [5.74, 6) is -0.612. The van der Waals surface area contributed by atoms with Gasteiger partial charge in [0.1, 0.15) is 24.4 Å². The Morgan fingerprint density at radius 2 is 1.33 bits per heavy atom. The van der Waals surface area contributed by atoms with E-state index in [1.54, 1.807) is 6.92 Å². The summed E-state index contributed by atoms with van der Waals surface area (Å²) in [5.41, 5.74) is 2.00. The highest BCUT2D eigenvalue weighted by Gasteiger charge is 2.50. The lowest BCUT2D eigenvalue weighted by atomic mass is 9.80. The first-order chi connectivity index (χ1) is 33.7. The molecule has 2 N–H and O–H groups in total. The van der Waals surface area contributed by atoms with Crippen LogP contribution in [0.1, 0.15) is 124 Å². The molecule has 0 bridgehead atoms. The smallest absolute Gasteiger partial charge is 0.309 e. The van der Waals surface area contributed by atoms with E-state index >= 15 is 0 Å². The van der Waals surface area contributed by atoms with Crippen LogP contribution in [0.15, 0.2) is 60.7 Å². The molecule has 15 heteroatoms. The van der Waals surface area contributed by atoms with Crippen LogP contribution in [0.2, 0.25) is 0 Å². The summed E-state index contributed by atoms with van der Waals surface area (Å²) in [7, 11) is 0. The highest BCUT2D eigenvalue weighted by molar-refractivity contribution is 5.77. The third-order valence-corrected chi connectivity index (χ3v) is 13.3. The second-order valence-electron chi connectivity index (χ2n) is 18.9. The number of ether oxygens (including phenoxy) is 8. The van der Waals surface area contributed by atoms with Crippen LogP contribution in [0, 0.1) is 41.9 Å². The number of carbonyl (C=O) groups is 5. The molecule has 13 atom stereocenters. The van der Waals surface area contributed by atoms with E-state index in [9.17, 15) is 24.0 Å². The van der Waals surface area contributed by atoms with Crippen LogP contribution >= 0.6 is 0 Å². The largest absolute Gasteiger partial charge is 0.462 e. The van der Waals surface area contributed by atoms with Gasteiger partial charge in [-0.25, -0.2) is 0 Å². The summed E-state index contributed by atoms with van der Waals surface area (Å²) in [5, 5.41) is 5.89. The van der Waals surface area contributed by atoms with Crippen molar-refractivity contribution in [2.75, 3.05) is 26.4 Å². The van der Waals surface area contributed by atoms with E-state index in [1.165, 1.54) is 0 Å². The van der Waals surface area contributed by atoms with Crippen molar-refractivity contribution in [3.05, 3.63) is 71.8 Å². The first kappa shape index (κ1) is 57.7. The third-order valence-electron chi connectivity index (χ3n) is 13.3. The molecule has 2 saturated heterocycles. The topological polar surface area (TPSA) is 183 Å². The first-order valence-corrected chi connectivity index (χ1v) is 25.5. The molecule has 0 saturated carbocycles. The van der Waals surface area contributed by atoms with Gasteiger partial charge in [0.25, 0.3) is 0 Å². The molecule has 388 valence electrons. The van der Waals surface area contributed by atoms with Crippen LogP contribution in [0.25, 0.3) is 0 Å². The Hall–Kier alpha value is -4.85. The van der Waals surface area contributed by atoms with E-state index in [4.69, 9.17) is 44.3 Å². The lowest BCUT2D eigenvalue weighted by molar-refractivity contribution is -0.301. The molecule has 2 aliphatic rings. The van der Waals surface area contributed by atoms with Gasteiger partial charge in [-0.15, -0.1) is 12.3 Å². The molecule has 4 unspecified atom stereocenters. The lowest BCUT2D eigenvalue weighted by Gasteiger charge is -2.47. The Labute approximate surface area is 416 Å². The maximum absolute atomic E-state index is 13.9. The molecular formula is C55H80N2O13. The summed E-state index contributed by atoms with van der Waals surface area (Å²) in [6.45, 7) is 15.9. The molecule has 0 aromatic heterocycles. The van der Waals surface area contributed by atoms with Crippen molar-refractivity contribution in [2.24, 2.45) is 29.6 Å². The van der Waals surface area contributed by atoms with Gasteiger partial charge in [0.15, 0.2) is 12.6 Å². The van der Waals surface area contributed by atoms with Crippen LogP contribution in [-0.2, 0) is 74.9 Å². The molecular weight excluding hydrogens is 897 g/mol. The van der Waals surface area contributed by atoms with Crippen molar-refractivity contribution < 1.29 is 61.9 Å². The van der Waals surface area contributed by atoms with Gasteiger partial charge in [-0.3, -0.25) is 24.0 Å². The zero-order chi connectivity index (χ0) is 51.0. The normalized spacial score (nSPS) is 25.6. The average molecular weight is 977 g/mol. The number of rotatable bonds is 29. The summed E-state index contributed by atoms with van der Waals surface area (Å²) < 4.78 is 51.2. The average Bonchev–Trinajstić information content (AvgIpc) is 3.35. The van der Waals surface area contributed by atoms with Crippen molar-refractivity contribution in [3.63, 3.8) is 0 Å². The lowest BCUT2D eigenvalue weighted by Crippen LogP contribution is -2.63. The molecule has 0 aliphatic carbocycles. The Kier molecular flexibility index (Phi) is 25.4. The predicted molar refractivity (Wildman–Crippen MR) is 263 cm³/mol. The number of carbonyl (C=O) groups excluding carboxylic acids is 5. The van der Waals surface area contributed by atoms with Gasteiger partial charge in [-0.2, -0.15) is 0 Å². The van der Waals surface area contributed by atoms with Crippen molar-refractivity contribution in [1.82, 2.24) is 10.6 Å². The number of nitrogens with one attached hydrogen (secondary N) is 2. The molecule has 2 heterocycles. The Bertz CT molecular complexity index is 1930. The minimum atomic E-state index is -1.11. The molecule has 2 aromatic rings. The molecule has 2 aromatic carbocycles. The van der Waals surface area contributed by atoms with Gasteiger partial charge >= 0.3 is 17.9 Å². The summed E-state index contributed by atoms with van der Waals surface area (Å²) in [6, 6.07) is 18.8. The van der Waals surface area contributed by atoms with E-state index in [0.717, 1.165) is 24.0 Å². The van der Waals surface area contributed by atoms with Gasteiger partial charge in [0.05, 0.1) is 45.1 Å². The molecule has 2 aliphatic heterocycles. The maximum atomic E-state index is 13.9. The summed E-state index contributed by atoms with van der Waals surface area (Å²) in [4.78, 5) is 65.8. The van der Waals surface area contributed by atoms with Crippen LogP contribution in [-0.4, -0.2) is 105 Å². The van der Waals surface area contributed by atoms with Crippen molar-refractivity contribution in [3.8, 4) is 12.3 Å². The Balaban J connectivity index is 1.67. The molecule has 0 spiro atoms. The third kappa shape index (κ3) is 19.1. The van der Waals surface area contributed by atoms with Crippen LogP contribution in [0.5, 0.6) is 0 Å².